The molecule has 25 heavy (non-hydrogen) atoms. The van der Waals surface area contributed by atoms with E-state index in [1.165, 1.54) is 11.3 Å². The Morgan fingerprint density at radius 3 is 2.76 bits per heavy atom. The molecular formula is C18H24N2O4S. The van der Waals surface area contributed by atoms with Crippen LogP contribution in [0, 0.1) is 5.92 Å². The van der Waals surface area contributed by atoms with E-state index in [0.29, 0.717) is 37.5 Å². The molecule has 0 aromatic carbocycles. The number of esters is 1. The Hall–Kier alpha value is -1.89. The second-order valence-corrected chi connectivity index (χ2v) is 7.46. The van der Waals surface area contributed by atoms with Gasteiger partial charge in [-0.3, -0.25) is 14.4 Å². The molecule has 0 bridgehead atoms. The van der Waals surface area contributed by atoms with E-state index in [2.05, 4.69) is 0 Å². The summed E-state index contributed by atoms with van der Waals surface area (Å²) in [6.45, 7) is 3.80. The minimum Gasteiger partial charge on any atom is -0.466 e. The van der Waals surface area contributed by atoms with Crippen LogP contribution in [0.25, 0.3) is 0 Å². The van der Waals surface area contributed by atoms with E-state index in [1.54, 1.807) is 22.8 Å². The summed E-state index contributed by atoms with van der Waals surface area (Å²) in [4.78, 5) is 41.8. The van der Waals surface area contributed by atoms with Crippen molar-refractivity contribution in [3.05, 3.63) is 22.4 Å². The third-order valence-electron chi connectivity index (χ3n) is 4.88. The van der Waals surface area contributed by atoms with Gasteiger partial charge in [0.05, 0.1) is 17.4 Å². The molecule has 2 saturated heterocycles. The van der Waals surface area contributed by atoms with Gasteiger partial charge in [-0.15, -0.1) is 11.3 Å². The van der Waals surface area contributed by atoms with Crippen molar-refractivity contribution >= 4 is 29.1 Å². The first-order valence-corrected chi connectivity index (χ1v) is 9.79. The van der Waals surface area contributed by atoms with Crippen molar-refractivity contribution in [1.29, 1.82) is 0 Å². The zero-order chi connectivity index (χ0) is 17.8. The molecule has 2 amide bonds. The van der Waals surface area contributed by atoms with Crippen LogP contribution in [0.3, 0.4) is 0 Å². The van der Waals surface area contributed by atoms with Crippen molar-refractivity contribution in [2.75, 3.05) is 26.2 Å². The zero-order valence-electron chi connectivity index (χ0n) is 14.5. The molecule has 1 aromatic rings. The van der Waals surface area contributed by atoms with Crippen LogP contribution in [0.5, 0.6) is 0 Å². The maximum atomic E-state index is 13.0. The molecule has 0 spiro atoms. The SMILES string of the molecule is CCOC(=O)C1CCCN(C(=O)C2CCCN2C(=O)c2cccs2)C1. The molecule has 0 N–H and O–H groups in total. The number of nitrogens with zero attached hydrogens (tertiary/aromatic N) is 2. The summed E-state index contributed by atoms with van der Waals surface area (Å²) in [5, 5.41) is 1.87. The summed E-state index contributed by atoms with van der Waals surface area (Å²) in [5.41, 5.74) is 0. The third kappa shape index (κ3) is 3.86. The van der Waals surface area contributed by atoms with E-state index < -0.39 is 6.04 Å². The highest BCUT2D eigenvalue weighted by Gasteiger charge is 2.39. The van der Waals surface area contributed by atoms with Gasteiger partial charge in [0.15, 0.2) is 0 Å². The second kappa shape index (κ2) is 7.99. The van der Waals surface area contributed by atoms with Crippen molar-refractivity contribution in [2.24, 2.45) is 5.92 Å². The number of likely N-dealkylation sites (tertiary alicyclic amines) is 2. The average molecular weight is 364 g/mol. The summed E-state index contributed by atoms with van der Waals surface area (Å²) in [5.74, 6) is -0.570. The molecule has 2 aliphatic rings. The molecule has 2 fully saturated rings. The van der Waals surface area contributed by atoms with Crippen LogP contribution in [0.2, 0.25) is 0 Å². The maximum Gasteiger partial charge on any atom is 0.310 e. The average Bonchev–Trinajstić information content (AvgIpc) is 3.32. The number of rotatable bonds is 4. The molecule has 3 rings (SSSR count). The van der Waals surface area contributed by atoms with Gasteiger partial charge in [0.2, 0.25) is 5.91 Å². The molecule has 2 unspecified atom stereocenters. The summed E-state index contributed by atoms with van der Waals surface area (Å²) in [6.07, 6.45) is 3.07. The highest BCUT2D eigenvalue weighted by atomic mass is 32.1. The Morgan fingerprint density at radius 1 is 1.24 bits per heavy atom. The lowest BCUT2D eigenvalue weighted by Crippen LogP contribution is -2.51. The standard InChI is InChI=1S/C18H24N2O4S/c1-2-24-18(23)13-6-3-9-19(12-13)16(21)14-7-4-10-20(14)17(22)15-8-5-11-25-15/h5,8,11,13-14H,2-4,6-7,9-10,12H2,1H3. The van der Waals surface area contributed by atoms with E-state index in [1.807, 2.05) is 11.4 Å². The van der Waals surface area contributed by atoms with Gasteiger partial charge >= 0.3 is 5.97 Å². The Morgan fingerprint density at radius 2 is 2.04 bits per heavy atom. The van der Waals surface area contributed by atoms with Crippen LogP contribution in [-0.4, -0.2) is 59.9 Å². The smallest absolute Gasteiger partial charge is 0.310 e. The number of carbonyl (C=O) groups is 3. The van der Waals surface area contributed by atoms with Gasteiger partial charge < -0.3 is 14.5 Å². The molecule has 0 aliphatic carbocycles. The van der Waals surface area contributed by atoms with E-state index in [9.17, 15) is 14.4 Å². The van der Waals surface area contributed by atoms with Gasteiger partial charge in [-0.1, -0.05) is 6.07 Å². The number of ether oxygens (including phenoxy) is 1. The topological polar surface area (TPSA) is 66.9 Å². The van der Waals surface area contributed by atoms with Crippen molar-refractivity contribution in [3.8, 4) is 0 Å². The number of piperidine rings is 1. The molecule has 0 radical (unpaired) electrons. The van der Waals surface area contributed by atoms with Crippen LogP contribution in [0.4, 0.5) is 0 Å². The molecule has 1 aromatic heterocycles. The van der Waals surface area contributed by atoms with E-state index in [4.69, 9.17) is 4.74 Å². The van der Waals surface area contributed by atoms with Gasteiger partial charge in [-0.2, -0.15) is 0 Å². The second-order valence-electron chi connectivity index (χ2n) is 6.51. The van der Waals surface area contributed by atoms with E-state index in [0.717, 1.165) is 19.3 Å². The Kier molecular flexibility index (Phi) is 5.73. The minimum absolute atomic E-state index is 0.0311. The van der Waals surface area contributed by atoms with Gasteiger partial charge in [0.25, 0.3) is 5.91 Å². The number of carbonyl (C=O) groups excluding carboxylic acids is 3. The molecule has 136 valence electrons. The van der Waals surface area contributed by atoms with Gasteiger partial charge in [0, 0.05) is 19.6 Å². The summed E-state index contributed by atoms with van der Waals surface area (Å²) < 4.78 is 5.10. The number of thiophene rings is 1. The fraction of sp³-hybridized carbons (Fsp3) is 0.611. The first kappa shape index (κ1) is 17.9. The number of hydrogen-bond acceptors (Lipinski definition) is 5. The highest BCUT2D eigenvalue weighted by Crippen LogP contribution is 2.26. The van der Waals surface area contributed by atoms with E-state index in [-0.39, 0.29) is 23.7 Å². The molecule has 7 heteroatoms. The molecule has 2 aliphatic heterocycles. The maximum absolute atomic E-state index is 13.0. The summed E-state index contributed by atoms with van der Waals surface area (Å²) in [6, 6.07) is 3.24. The Balaban J connectivity index is 1.67. The largest absolute Gasteiger partial charge is 0.466 e. The fourth-order valence-corrected chi connectivity index (χ4v) is 4.33. The molecule has 2 atom stereocenters. The lowest BCUT2D eigenvalue weighted by molar-refractivity contribution is -0.151. The van der Waals surface area contributed by atoms with Crippen LogP contribution in [0.1, 0.15) is 42.3 Å². The van der Waals surface area contributed by atoms with Crippen molar-refractivity contribution < 1.29 is 19.1 Å². The summed E-state index contributed by atoms with van der Waals surface area (Å²) in [7, 11) is 0. The van der Waals surface area contributed by atoms with E-state index >= 15 is 0 Å². The van der Waals surface area contributed by atoms with Gasteiger partial charge in [-0.05, 0) is 44.1 Å². The van der Waals surface area contributed by atoms with Crippen molar-refractivity contribution in [2.45, 2.75) is 38.6 Å². The number of hydrogen-bond donors (Lipinski definition) is 0. The Labute approximate surface area is 151 Å². The first-order valence-electron chi connectivity index (χ1n) is 8.91. The van der Waals surface area contributed by atoms with Gasteiger partial charge in [-0.25, -0.2) is 0 Å². The molecule has 6 nitrogen and oxygen atoms in total. The van der Waals surface area contributed by atoms with Crippen LogP contribution in [0.15, 0.2) is 17.5 Å². The van der Waals surface area contributed by atoms with Crippen LogP contribution >= 0.6 is 11.3 Å². The molecule has 3 heterocycles. The van der Waals surface area contributed by atoms with Crippen LogP contribution < -0.4 is 0 Å². The summed E-state index contributed by atoms with van der Waals surface area (Å²) >= 11 is 1.40. The fourth-order valence-electron chi connectivity index (χ4n) is 3.65. The lowest BCUT2D eigenvalue weighted by atomic mass is 9.97. The lowest BCUT2D eigenvalue weighted by Gasteiger charge is -2.35. The third-order valence-corrected chi connectivity index (χ3v) is 5.74. The molecular weight excluding hydrogens is 340 g/mol. The zero-order valence-corrected chi connectivity index (χ0v) is 15.3. The first-order chi connectivity index (χ1) is 12.1. The minimum atomic E-state index is -0.407. The van der Waals surface area contributed by atoms with Crippen LogP contribution in [-0.2, 0) is 14.3 Å². The number of amides is 2. The van der Waals surface area contributed by atoms with Crippen molar-refractivity contribution in [1.82, 2.24) is 9.80 Å². The Bertz CT molecular complexity index is 631. The predicted molar refractivity (Wildman–Crippen MR) is 94.3 cm³/mol. The van der Waals surface area contributed by atoms with Gasteiger partial charge in [0.1, 0.15) is 6.04 Å². The molecule has 0 saturated carbocycles. The quantitative estimate of drug-likeness (QED) is 0.768. The normalized spacial score (nSPS) is 23.6. The highest BCUT2D eigenvalue weighted by molar-refractivity contribution is 7.12. The van der Waals surface area contributed by atoms with Crippen molar-refractivity contribution in [3.63, 3.8) is 0 Å². The monoisotopic (exact) mass is 364 g/mol. The predicted octanol–water partition coefficient (Wildman–Crippen LogP) is 2.15.